The highest BCUT2D eigenvalue weighted by atomic mass is 16.5. The molecule has 7 heteroatoms. The molecule has 2 aromatic rings. The summed E-state index contributed by atoms with van der Waals surface area (Å²) in [7, 11) is 3.05. The fourth-order valence-electron chi connectivity index (χ4n) is 3.95. The van der Waals surface area contributed by atoms with Gasteiger partial charge in [-0.05, 0) is 42.7 Å². The molecule has 1 saturated heterocycles. The van der Waals surface area contributed by atoms with Gasteiger partial charge in [0.1, 0.15) is 17.2 Å². The van der Waals surface area contributed by atoms with Gasteiger partial charge in [-0.1, -0.05) is 18.2 Å². The molecule has 7 nitrogen and oxygen atoms in total. The topological polar surface area (TPSA) is 68.3 Å². The summed E-state index contributed by atoms with van der Waals surface area (Å²) in [6.07, 6.45) is 0. The quantitative estimate of drug-likeness (QED) is 0.691. The molecule has 4 rings (SSSR count). The maximum atomic E-state index is 13.7. The van der Waals surface area contributed by atoms with Gasteiger partial charge in [-0.3, -0.25) is 9.59 Å². The van der Waals surface area contributed by atoms with E-state index in [1.165, 1.54) is 19.1 Å². The van der Waals surface area contributed by atoms with E-state index < -0.39 is 0 Å². The molecule has 2 amide bonds. The van der Waals surface area contributed by atoms with Crippen LogP contribution in [-0.2, 0) is 14.3 Å². The van der Waals surface area contributed by atoms with E-state index in [1.54, 1.807) is 18.2 Å². The van der Waals surface area contributed by atoms with E-state index >= 15 is 0 Å². The first-order valence-corrected chi connectivity index (χ1v) is 10.2. The number of hydrogen-bond donors (Lipinski definition) is 0. The Bertz CT molecular complexity index is 1070. The van der Waals surface area contributed by atoms with E-state index in [9.17, 15) is 9.59 Å². The molecule has 0 N–H and O–H groups in total. The number of carbonyl (C=O) groups excluding carboxylic acids is 2. The third-order valence-electron chi connectivity index (χ3n) is 5.81. The predicted molar refractivity (Wildman–Crippen MR) is 117 cm³/mol. The van der Waals surface area contributed by atoms with Crippen molar-refractivity contribution in [2.75, 3.05) is 45.4 Å². The van der Waals surface area contributed by atoms with Crippen LogP contribution in [0.4, 0.5) is 5.69 Å². The number of anilines is 1. The van der Waals surface area contributed by atoms with Gasteiger partial charge in [0.15, 0.2) is 0 Å². The number of morpholine rings is 1. The van der Waals surface area contributed by atoms with Crippen LogP contribution in [0.15, 0.2) is 42.1 Å². The number of amides is 2. The van der Waals surface area contributed by atoms with Crippen molar-refractivity contribution in [1.29, 1.82) is 0 Å². The Hall–Kier alpha value is -3.32. The number of methoxy groups -OCH3 is 2. The maximum Gasteiger partial charge on any atom is 0.282 e. The minimum absolute atomic E-state index is 0.362. The molecule has 31 heavy (non-hydrogen) atoms. The third kappa shape index (κ3) is 3.65. The fraction of sp³-hybridized carbons (Fsp3) is 0.333. The van der Waals surface area contributed by atoms with Gasteiger partial charge in [0.25, 0.3) is 11.8 Å². The first-order valence-electron chi connectivity index (χ1n) is 10.2. The molecule has 2 aromatic carbocycles. The van der Waals surface area contributed by atoms with Gasteiger partial charge >= 0.3 is 0 Å². The summed E-state index contributed by atoms with van der Waals surface area (Å²) >= 11 is 0. The number of carbonyl (C=O) groups is 2. The Kier molecular flexibility index (Phi) is 5.69. The van der Waals surface area contributed by atoms with E-state index in [0.29, 0.717) is 54.8 Å². The molecule has 2 aliphatic rings. The van der Waals surface area contributed by atoms with Gasteiger partial charge in [-0.25, -0.2) is 4.90 Å². The smallest absolute Gasteiger partial charge is 0.282 e. The molecule has 0 bridgehead atoms. The number of nitrogens with zero attached hydrogens (tertiary/aromatic N) is 2. The molecule has 0 saturated carbocycles. The highest BCUT2D eigenvalue weighted by Crippen LogP contribution is 2.40. The van der Waals surface area contributed by atoms with Crippen LogP contribution in [0.25, 0.3) is 5.57 Å². The van der Waals surface area contributed by atoms with E-state index in [0.717, 1.165) is 16.7 Å². The van der Waals surface area contributed by atoms with E-state index in [-0.39, 0.29) is 11.8 Å². The summed E-state index contributed by atoms with van der Waals surface area (Å²) in [4.78, 5) is 30.6. The van der Waals surface area contributed by atoms with Gasteiger partial charge in [0.05, 0.1) is 38.7 Å². The maximum absolute atomic E-state index is 13.7. The second-order valence-electron chi connectivity index (χ2n) is 7.61. The van der Waals surface area contributed by atoms with Crippen LogP contribution in [0.2, 0.25) is 0 Å². The van der Waals surface area contributed by atoms with Gasteiger partial charge in [0.2, 0.25) is 0 Å². The van der Waals surface area contributed by atoms with Gasteiger partial charge in [0, 0.05) is 19.2 Å². The van der Waals surface area contributed by atoms with Crippen molar-refractivity contribution in [1.82, 2.24) is 4.90 Å². The average Bonchev–Trinajstić information content (AvgIpc) is 3.05. The van der Waals surface area contributed by atoms with Crippen molar-refractivity contribution in [2.24, 2.45) is 0 Å². The molecule has 0 radical (unpaired) electrons. The Labute approximate surface area is 181 Å². The van der Waals surface area contributed by atoms with Crippen LogP contribution in [-0.4, -0.2) is 57.2 Å². The number of imide groups is 1. The molecule has 0 aromatic heterocycles. The van der Waals surface area contributed by atoms with E-state index in [2.05, 4.69) is 0 Å². The van der Waals surface area contributed by atoms with Crippen LogP contribution in [0.5, 0.6) is 11.5 Å². The lowest BCUT2D eigenvalue weighted by molar-refractivity contribution is -0.121. The summed E-state index contributed by atoms with van der Waals surface area (Å²) in [6, 6.07) is 10.9. The van der Waals surface area contributed by atoms with Crippen molar-refractivity contribution >= 4 is 23.1 Å². The Morgan fingerprint density at radius 1 is 0.871 bits per heavy atom. The minimum Gasteiger partial charge on any atom is -0.497 e. The Balaban J connectivity index is 1.87. The molecule has 0 aliphatic carbocycles. The van der Waals surface area contributed by atoms with Crippen LogP contribution >= 0.6 is 0 Å². The standard InChI is InChI=1S/C24H26N2O5/c1-15-5-6-17(13-16(15)2)21-22(25-9-11-31-12-10-25)24(28)26(23(21)27)19-14-18(29-3)7-8-20(19)30-4/h5-8,13-14H,9-12H2,1-4H3. The van der Waals surface area contributed by atoms with Gasteiger partial charge in [-0.15, -0.1) is 0 Å². The van der Waals surface area contributed by atoms with Crippen molar-refractivity contribution in [3.63, 3.8) is 0 Å². The lowest BCUT2D eigenvalue weighted by Gasteiger charge is -2.29. The summed E-state index contributed by atoms with van der Waals surface area (Å²) in [6.45, 7) is 6.13. The molecule has 0 atom stereocenters. The number of ether oxygens (including phenoxy) is 3. The summed E-state index contributed by atoms with van der Waals surface area (Å²) in [5.41, 5.74) is 4.08. The lowest BCUT2D eigenvalue weighted by atomic mass is 9.99. The van der Waals surface area contributed by atoms with Crippen molar-refractivity contribution in [3.8, 4) is 11.5 Å². The Morgan fingerprint density at radius 2 is 1.61 bits per heavy atom. The summed E-state index contributed by atoms with van der Waals surface area (Å²) < 4.78 is 16.2. The highest BCUT2D eigenvalue weighted by Gasteiger charge is 2.44. The van der Waals surface area contributed by atoms with Crippen LogP contribution in [0.3, 0.4) is 0 Å². The van der Waals surface area contributed by atoms with E-state index in [4.69, 9.17) is 14.2 Å². The van der Waals surface area contributed by atoms with Crippen molar-refractivity contribution in [3.05, 3.63) is 58.8 Å². The molecule has 1 fully saturated rings. The first kappa shape index (κ1) is 20.9. The number of rotatable bonds is 5. The molecule has 0 unspecified atom stereocenters. The lowest BCUT2D eigenvalue weighted by Crippen LogP contribution is -2.40. The summed E-state index contributed by atoms with van der Waals surface area (Å²) in [5.74, 6) is 0.210. The molecule has 2 heterocycles. The molecular formula is C24H26N2O5. The monoisotopic (exact) mass is 422 g/mol. The second-order valence-corrected chi connectivity index (χ2v) is 7.61. The predicted octanol–water partition coefficient (Wildman–Crippen LogP) is 2.94. The van der Waals surface area contributed by atoms with Crippen LogP contribution in [0.1, 0.15) is 16.7 Å². The average molecular weight is 422 g/mol. The fourth-order valence-corrected chi connectivity index (χ4v) is 3.95. The molecule has 0 spiro atoms. The zero-order valence-corrected chi connectivity index (χ0v) is 18.2. The number of benzene rings is 2. The van der Waals surface area contributed by atoms with Gasteiger partial charge in [-0.2, -0.15) is 0 Å². The van der Waals surface area contributed by atoms with Crippen LogP contribution in [0, 0.1) is 13.8 Å². The molecule has 2 aliphatic heterocycles. The van der Waals surface area contributed by atoms with Gasteiger partial charge < -0.3 is 19.1 Å². The number of aryl methyl sites for hydroxylation is 2. The van der Waals surface area contributed by atoms with E-state index in [1.807, 2.05) is 36.9 Å². The first-order chi connectivity index (χ1) is 15.0. The minimum atomic E-state index is -0.374. The second kappa shape index (κ2) is 8.43. The summed E-state index contributed by atoms with van der Waals surface area (Å²) in [5, 5.41) is 0. The zero-order chi connectivity index (χ0) is 22.1. The zero-order valence-electron chi connectivity index (χ0n) is 18.2. The third-order valence-corrected chi connectivity index (χ3v) is 5.81. The largest absolute Gasteiger partial charge is 0.497 e. The number of hydrogen-bond acceptors (Lipinski definition) is 6. The molecule has 162 valence electrons. The van der Waals surface area contributed by atoms with Crippen molar-refractivity contribution < 1.29 is 23.8 Å². The van der Waals surface area contributed by atoms with Crippen LogP contribution < -0.4 is 14.4 Å². The highest BCUT2D eigenvalue weighted by molar-refractivity contribution is 6.45. The molecular weight excluding hydrogens is 396 g/mol. The van der Waals surface area contributed by atoms with Crippen molar-refractivity contribution in [2.45, 2.75) is 13.8 Å². The SMILES string of the molecule is COc1ccc(OC)c(N2C(=O)C(c3ccc(C)c(C)c3)=C(N3CCOCC3)C2=O)c1. The normalized spacial score (nSPS) is 16.9. The Morgan fingerprint density at radius 3 is 2.26 bits per heavy atom.